The van der Waals surface area contributed by atoms with E-state index in [-0.39, 0.29) is 0 Å². The highest BCUT2D eigenvalue weighted by Crippen LogP contribution is 2.25. The zero-order valence-electron chi connectivity index (χ0n) is 13.9. The lowest BCUT2D eigenvalue weighted by molar-refractivity contribution is 0.417. The van der Waals surface area contributed by atoms with E-state index in [9.17, 15) is 0 Å². The fourth-order valence-electron chi connectivity index (χ4n) is 2.40. The predicted octanol–water partition coefficient (Wildman–Crippen LogP) is 4.31. The van der Waals surface area contributed by atoms with Gasteiger partial charge in [0.1, 0.15) is 5.75 Å². The van der Waals surface area contributed by atoms with Crippen molar-refractivity contribution in [1.82, 2.24) is 5.32 Å². The van der Waals surface area contributed by atoms with Crippen molar-refractivity contribution in [2.45, 2.75) is 32.7 Å². The zero-order chi connectivity index (χ0) is 16.7. The molecule has 1 atom stereocenters. The van der Waals surface area contributed by atoms with Crippen LogP contribution >= 0.6 is 12.2 Å². The molecule has 0 amide bonds. The van der Waals surface area contributed by atoms with Crippen molar-refractivity contribution in [3.8, 4) is 5.75 Å². The third-order valence-electron chi connectivity index (χ3n) is 3.69. The molecular formula is C19H24N2OS. The maximum Gasteiger partial charge on any atom is 0.171 e. The van der Waals surface area contributed by atoms with Crippen LogP contribution in [0.15, 0.2) is 48.5 Å². The van der Waals surface area contributed by atoms with E-state index in [1.165, 1.54) is 5.56 Å². The second-order valence-corrected chi connectivity index (χ2v) is 6.14. The highest BCUT2D eigenvalue weighted by molar-refractivity contribution is 7.80. The van der Waals surface area contributed by atoms with E-state index in [1.54, 1.807) is 7.11 Å². The number of aryl methyl sites for hydroxylation is 2. The Labute approximate surface area is 144 Å². The Hall–Kier alpha value is -2.07. The molecule has 3 nitrogen and oxygen atoms in total. The summed E-state index contributed by atoms with van der Waals surface area (Å²) < 4.78 is 5.36. The summed E-state index contributed by atoms with van der Waals surface area (Å²) in [5.74, 6) is 0.789. The number of hydrogen-bond donors (Lipinski definition) is 2. The maximum atomic E-state index is 5.42. The molecule has 0 aliphatic heterocycles. The molecule has 1 unspecified atom stereocenters. The van der Waals surface area contributed by atoms with E-state index < -0.39 is 0 Å². The fraction of sp³-hybridized carbons (Fsp3) is 0.316. The lowest BCUT2D eigenvalue weighted by Crippen LogP contribution is -2.36. The summed E-state index contributed by atoms with van der Waals surface area (Å²) in [7, 11) is 1.66. The van der Waals surface area contributed by atoms with Gasteiger partial charge in [0.2, 0.25) is 0 Å². The lowest BCUT2D eigenvalue weighted by Gasteiger charge is -2.18. The number of ether oxygens (including phenoxy) is 1. The van der Waals surface area contributed by atoms with E-state index in [2.05, 4.69) is 41.8 Å². The quantitative estimate of drug-likeness (QED) is 0.774. The summed E-state index contributed by atoms with van der Waals surface area (Å²) in [5, 5.41) is 7.18. The van der Waals surface area contributed by atoms with E-state index in [4.69, 9.17) is 17.0 Å². The van der Waals surface area contributed by atoms with Crippen LogP contribution in [0.2, 0.25) is 0 Å². The Kier molecular flexibility index (Phi) is 6.41. The summed E-state index contributed by atoms with van der Waals surface area (Å²) in [4.78, 5) is 0. The number of anilines is 1. The van der Waals surface area contributed by atoms with Crippen LogP contribution in [0.3, 0.4) is 0 Å². The largest absolute Gasteiger partial charge is 0.495 e. The number of rotatable bonds is 6. The Morgan fingerprint density at radius 2 is 1.91 bits per heavy atom. The van der Waals surface area contributed by atoms with Gasteiger partial charge in [-0.05, 0) is 62.2 Å². The van der Waals surface area contributed by atoms with Gasteiger partial charge >= 0.3 is 0 Å². The molecule has 23 heavy (non-hydrogen) atoms. The van der Waals surface area contributed by atoms with Gasteiger partial charge in [0.15, 0.2) is 5.11 Å². The minimum atomic E-state index is 0.297. The molecule has 0 heterocycles. The summed E-state index contributed by atoms with van der Waals surface area (Å²) >= 11 is 5.42. The number of methoxy groups -OCH3 is 1. The second kappa shape index (κ2) is 8.53. The molecule has 4 heteroatoms. The molecule has 0 fully saturated rings. The highest BCUT2D eigenvalue weighted by Gasteiger charge is 2.08. The lowest BCUT2D eigenvalue weighted by atomic mass is 10.1. The minimum absolute atomic E-state index is 0.297. The first-order valence-corrected chi connectivity index (χ1v) is 8.25. The molecule has 0 saturated heterocycles. The van der Waals surface area contributed by atoms with Crippen molar-refractivity contribution in [2.24, 2.45) is 0 Å². The van der Waals surface area contributed by atoms with Crippen molar-refractivity contribution >= 4 is 23.0 Å². The highest BCUT2D eigenvalue weighted by atomic mass is 32.1. The van der Waals surface area contributed by atoms with Crippen molar-refractivity contribution < 1.29 is 4.74 Å². The van der Waals surface area contributed by atoms with Crippen LogP contribution < -0.4 is 15.4 Å². The van der Waals surface area contributed by atoms with Crippen LogP contribution in [0.1, 0.15) is 24.5 Å². The van der Waals surface area contributed by atoms with Crippen molar-refractivity contribution in [3.05, 3.63) is 59.7 Å². The monoisotopic (exact) mass is 328 g/mol. The molecule has 122 valence electrons. The number of nitrogens with one attached hydrogen (secondary N) is 2. The first kappa shape index (κ1) is 17.3. The molecule has 2 N–H and O–H groups in total. The van der Waals surface area contributed by atoms with Gasteiger partial charge in [0.05, 0.1) is 12.8 Å². The van der Waals surface area contributed by atoms with Gasteiger partial charge in [-0.25, -0.2) is 0 Å². The summed E-state index contributed by atoms with van der Waals surface area (Å²) in [6.45, 7) is 4.19. The summed E-state index contributed by atoms with van der Waals surface area (Å²) in [6, 6.07) is 16.8. The molecule has 0 bridgehead atoms. The van der Waals surface area contributed by atoms with E-state index >= 15 is 0 Å². The third-order valence-corrected chi connectivity index (χ3v) is 3.91. The van der Waals surface area contributed by atoms with E-state index in [0.29, 0.717) is 11.2 Å². The Bertz CT molecular complexity index is 643. The second-order valence-electron chi connectivity index (χ2n) is 5.73. The first-order chi connectivity index (χ1) is 11.1. The van der Waals surface area contributed by atoms with Crippen LogP contribution in [0, 0.1) is 6.92 Å². The van der Waals surface area contributed by atoms with Gasteiger partial charge in [-0.15, -0.1) is 0 Å². The SMILES string of the molecule is COc1ccc(C)cc1NC(=S)NC(C)CCc1ccccc1. The van der Waals surface area contributed by atoms with Gasteiger partial charge in [-0.1, -0.05) is 36.4 Å². The molecule has 2 aromatic rings. The molecule has 0 saturated carbocycles. The smallest absolute Gasteiger partial charge is 0.171 e. The maximum absolute atomic E-state index is 5.42. The Morgan fingerprint density at radius 3 is 2.61 bits per heavy atom. The minimum Gasteiger partial charge on any atom is -0.495 e. The van der Waals surface area contributed by atoms with Crippen molar-refractivity contribution in [3.63, 3.8) is 0 Å². The summed E-state index contributed by atoms with van der Waals surface area (Å²) in [6.07, 6.45) is 2.06. The van der Waals surface area contributed by atoms with Crippen LogP contribution in [0.5, 0.6) is 5.75 Å². The van der Waals surface area contributed by atoms with Crippen LogP contribution in [-0.2, 0) is 6.42 Å². The van der Waals surface area contributed by atoms with E-state index in [0.717, 1.165) is 29.8 Å². The molecule has 0 aliphatic carbocycles. The standard InChI is InChI=1S/C19H24N2OS/c1-14-9-12-18(22-3)17(13-14)21-19(23)20-15(2)10-11-16-7-5-4-6-8-16/h4-9,12-13,15H,10-11H2,1-3H3,(H2,20,21,23). The normalized spacial score (nSPS) is 11.6. The van der Waals surface area contributed by atoms with Crippen molar-refractivity contribution in [1.29, 1.82) is 0 Å². The van der Waals surface area contributed by atoms with Gasteiger partial charge in [-0.2, -0.15) is 0 Å². The third kappa shape index (κ3) is 5.57. The van der Waals surface area contributed by atoms with Crippen LogP contribution in [0.4, 0.5) is 5.69 Å². The molecule has 0 spiro atoms. The first-order valence-electron chi connectivity index (χ1n) is 7.84. The van der Waals surface area contributed by atoms with Gasteiger partial charge in [0, 0.05) is 6.04 Å². The van der Waals surface area contributed by atoms with Crippen LogP contribution in [-0.4, -0.2) is 18.3 Å². The van der Waals surface area contributed by atoms with Gasteiger partial charge in [0.25, 0.3) is 0 Å². The van der Waals surface area contributed by atoms with Crippen molar-refractivity contribution in [2.75, 3.05) is 12.4 Å². The van der Waals surface area contributed by atoms with Crippen LogP contribution in [0.25, 0.3) is 0 Å². The zero-order valence-corrected chi connectivity index (χ0v) is 14.7. The Morgan fingerprint density at radius 1 is 1.17 bits per heavy atom. The van der Waals surface area contributed by atoms with Gasteiger partial charge < -0.3 is 15.4 Å². The average molecular weight is 328 g/mol. The fourth-order valence-corrected chi connectivity index (χ4v) is 2.71. The molecule has 2 rings (SSSR count). The number of hydrogen-bond acceptors (Lipinski definition) is 2. The average Bonchev–Trinajstić information content (AvgIpc) is 2.54. The topological polar surface area (TPSA) is 33.3 Å². The van der Waals surface area contributed by atoms with E-state index in [1.807, 2.05) is 31.2 Å². The van der Waals surface area contributed by atoms with Gasteiger partial charge in [-0.3, -0.25) is 0 Å². The molecular weight excluding hydrogens is 304 g/mol. The number of thiocarbonyl (C=S) groups is 1. The Balaban J connectivity index is 1.85. The molecule has 0 aromatic heterocycles. The summed E-state index contributed by atoms with van der Waals surface area (Å²) in [5.41, 5.74) is 3.40. The predicted molar refractivity (Wildman–Crippen MR) is 101 cm³/mol. The molecule has 0 radical (unpaired) electrons. The molecule has 0 aliphatic rings. The molecule has 2 aromatic carbocycles. The number of benzene rings is 2.